The van der Waals surface area contributed by atoms with Gasteiger partial charge in [0.05, 0.1) is 11.0 Å². The number of nitrogens with one attached hydrogen (secondary N) is 1. The van der Waals surface area contributed by atoms with Crippen molar-refractivity contribution in [2.75, 3.05) is 0 Å². The molecule has 1 aromatic rings. The van der Waals surface area contributed by atoms with E-state index in [1.54, 1.807) is 19.1 Å². The van der Waals surface area contributed by atoms with E-state index in [1.165, 1.54) is 12.1 Å². The van der Waals surface area contributed by atoms with Crippen molar-refractivity contribution in [1.82, 2.24) is 5.32 Å². The summed E-state index contributed by atoms with van der Waals surface area (Å²) in [6, 6.07) is 6.66. The minimum absolute atomic E-state index is 0.0771. The fraction of sp³-hybridized carbons (Fsp3) is 0.462. The molecule has 1 saturated carbocycles. The number of nitro benzene ring substituents is 1. The van der Waals surface area contributed by atoms with Gasteiger partial charge in [0.25, 0.3) is 5.69 Å². The number of benzene rings is 1. The van der Waals surface area contributed by atoms with Gasteiger partial charge in [-0.2, -0.15) is 0 Å². The van der Waals surface area contributed by atoms with Gasteiger partial charge in [-0.3, -0.25) is 14.9 Å². The van der Waals surface area contributed by atoms with Crippen LogP contribution < -0.4 is 5.32 Å². The van der Waals surface area contributed by atoms with E-state index in [0.717, 1.165) is 18.4 Å². The van der Waals surface area contributed by atoms with E-state index in [1.807, 2.05) is 0 Å². The van der Waals surface area contributed by atoms with Crippen LogP contribution in [0.2, 0.25) is 0 Å². The maximum absolute atomic E-state index is 11.5. The van der Waals surface area contributed by atoms with Crippen LogP contribution in [-0.4, -0.2) is 22.8 Å². The average Bonchev–Trinajstić information content (AvgIpc) is 3.12. The quantitative estimate of drug-likeness (QED) is 0.616. The number of hydrogen-bond donors (Lipinski definition) is 1. The fourth-order valence-corrected chi connectivity index (χ4v) is 1.84. The highest BCUT2D eigenvalue weighted by molar-refractivity contribution is 5.81. The predicted molar refractivity (Wildman–Crippen MR) is 67.4 cm³/mol. The van der Waals surface area contributed by atoms with Crippen LogP contribution in [0.25, 0.3) is 0 Å². The van der Waals surface area contributed by atoms with Crippen molar-refractivity contribution in [3.8, 4) is 0 Å². The summed E-state index contributed by atoms with van der Waals surface area (Å²) in [5.74, 6) is 0.111. The number of nitro groups is 1. The molecule has 5 nitrogen and oxygen atoms in total. The van der Waals surface area contributed by atoms with Gasteiger partial charge in [0.2, 0.25) is 0 Å². The minimum Gasteiger partial charge on any atom is -0.304 e. The van der Waals surface area contributed by atoms with Crippen LogP contribution in [0, 0.1) is 10.1 Å². The zero-order valence-corrected chi connectivity index (χ0v) is 10.3. The first-order valence-electron chi connectivity index (χ1n) is 6.06. The van der Waals surface area contributed by atoms with Crippen LogP contribution in [0.4, 0.5) is 5.69 Å². The molecule has 0 aromatic heterocycles. The normalized spacial score (nSPS) is 16.3. The first-order chi connectivity index (χ1) is 8.56. The third-order valence-corrected chi connectivity index (χ3v) is 3.09. The Labute approximate surface area is 105 Å². The van der Waals surface area contributed by atoms with Gasteiger partial charge in [-0.25, -0.2) is 0 Å². The van der Waals surface area contributed by atoms with E-state index in [0.29, 0.717) is 12.5 Å². The summed E-state index contributed by atoms with van der Waals surface area (Å²) in [6.45, 7) is 1.57. The van der Waals surface area contributed by atoms with Crippen molar-refractivity contribution >= 4 is 11.5 Å². The molecule has 0 heterocycles. The highest BCUT2D eigenvalue weighted by Crippen LogP contribution is 2.21. The Hall–Kier alpha value is -1.75. The zero-order valence-electron chi connectivity index (χ0n) is 10.3. The van der Waals surface area contributed by atoms with Gasteiger partial charge in [-0.05, 0) is 31.7 Å². The van der Waals surface area contributed by atoms with Crippen molar-refractivity contribution in [3.63, 3.8) is 0 Å². The maximum atomic E-state index is 11.5. The molecule has 96 valence electrons. The molecule has 18 heavy (non-hydrogen) atoms. The molecule has 1 fully saturated rings. The second-order valence-electron chi connectivity index (χ2n) is 4.73. The summed E-state index contributed by atoms with van der Waals surface area (Å²) in [7, 11) is 0. The third kappa shape index (κ3) is 3.37. The van der Waals surface area contributed by atoms with Gasteiger partial charge in [0.1, 0.15) is 5.78 Å². The highest BCUT2D eigenvalue weighted by Gasteiger charge is 2.26. The largest absolute Gasteiger partial charge is 0.304 e. The number of Topliss-reactive ketones (excluding diaryl/α,β-unsaturated/α-hetero) is 1. The lowest BCUT2D eigenvalue weighted by molar-refractivity contribution is -0.384. The standard InChI is InChI=1S/C13H16N2O3/c1-9(16)13(14-11-4-5-11)8-10-2-6-12(7-3-10)15(17)18/h2-3,6-7,11,13-14H,4-5,8H2,1H3. The summed E-state index contributed by atoms with van der Waals surface area (Å²) in [6.07, 6.45) is 2.85. The molecule has 5 heteroatoms. The summed E-state index contributed by atoms with van der Waals surface area (Å²) >= 11 is 0. The SMILES string of the molecule is CC(=O)C(Cc1ccc([N+](=O)[O-])cc1)NC1CC1. The first-order valence-corrected chi connectivity index (χ1v) is 6.06. The Balaban J connectivity index is 2.01. The summed E-state index contributed by atoms with van der Waals surface area (Å²) in [5, 5.41) is 13.8. The molecule has 0 amide bonds. The molecule has 1 aliphatic carbocycles. The van der Waals surface area contributed by atoms with Crippen LogP contribution in [0.3, 0.4) is 0 Å². The number of ketones is 1. The molecule has 1 aromatic carbocycles. The average molecular weight is 248 g/mol. The van der Waals surface area contributed by atoms with Crippen LogP contribution >= 0.6 is 0 Å². The summed E-state index contributed by atoms with van der Waals surface area (Å²) in [4.78, 5) is 21.6. The van der Waals surface area contributed by atoms with Crippen LogP contribution in [0.5, 0.6) is 0 Å². The topological polar surface area (TPSA) is 72.2 Å². The van der Waals surface area contributed by atoms with Crippen molar-refractivity contribution in [2.24, 2.45) is 0 Å². The number of non-ortho nitro benzene ring substituents is 1. The number of carbonyl (C=O) groups is 1. The van der Waals surface area contributed by atoms with Gasteiger partial charge in [0.15, 0.2) is 0 Å². The first kappa shape index (κ1) is 12.7. The highest BCUT2D eigenvalue weighted by atomic mass is 16.6. The Kier molecular flexibility index (Phi) is 3.72. The second kappa shape index (κ2) is 5.27. The Bertz CT molecular complexity index is 452. The zero-order chi connectivity index (χ0) is 13.1. The number of rotatable bonds is 6. The molecular weight excluding hydrogens is 232 g/mol. The van der Waals surface area contributed by atoms with Crippen molar-refractivity contribution in [3.05, 3.63) is 39.9 Å². The van der Waals surface area contributed by atoms with Gasteiger partial charge < -0.3 is 5.32 Å². The van der Waals surface area contributed by atoms with Gasteiger partial charge in [0, 0.05) is 18.2 Å². The molecule has 0 saturated heterocycles. The van der Waals surface area contributed by atoms with Gasteiger partial charge in [-0.15, -0.1) is 0 Å². The molecule has 0 radical (unpaired) electrons. The third-order valence-electron chi connectivity index (χ3n) is 3.09. The predicted octanol–water partition coefficient (Wildman–Crippen LogP) is 1.85. The molecule has 2 rings (SSSR count). The molecular formula is C13H16N2O3. The van der Waals surface area contributed by atoms with E-state index >= 15 is 0 Å². The molecule has 0 bridgehead atoms. The lowest BCUT2D eigenvalue weighted by Crippen LogP contribution is -2.38. The maximum Gasteiger partial charge on any atom is 0.269 e. The molecule has 1 unspecified atom stereocenters. The van der Waals surface area contributed by atoms with Crippen molar-refractivity contribution in [2.45, 2.75) is 38.3 Å². The monoisotopic (exact) mass is 248 g/mol. The molecule has 1 aliphatic rings. The lowest BCUT2D eigenvalue weighted by atomic mass is 10.0. The molecule has 1 atom stereocenters. The molecule has 0 spiro atoms. The second-order valence-corrected chi connectivity index (χ2v) is 4.73. The Morgan fingerprint density at radius 3 is 2.50 bits per heavy atom. The van der Waals surface area contributed by atoms with E-state index in [2.05, 4.69) is 5.32 Å². The minimum atomic E-state index is -0.422. The lowest BCUT2D eigenvalue weighted by Gasteiger charge is -2.15. The van der Waals surface area contributed by atoms with Crippen LogP contribution in [-0.2, 0) is 11.2 Å². The summed E-state index contributed by atoms with van der Waals surface area (Å²) in [5.41, 5.74) is 1.02. The van der Waals surface area contributed by atoms with Gasteiger partial charge in [-0.1, -0.05) is 12.1 Å². The summed E-state index contributed by atoms with van der Waals surface area (Å²) < 4.78 is 0. The molecule has 1 N–H and O–H groups in total. The number of carbonyl (C=O) groups excluding carboxylic acids is 1. The number of nitrogens with zero attached hydrogens (tertiary/aromatic N) is 1. The smallest absolute Gasteiger partial charge is 0.269 e. The van der Waals surface area contributed by atoms with Crippen molar-refractivity contribution < 1.29 is 9.72 Å². The Morgan fingerprint density at radius 2 is 2.06 bits per heavy atom. The van der Waals surface area contributed by atoms with E-state index < -0.39 is 4.92 Å². The molecule has 0 aliphatic heterocycles. The van der Waals surface area contributed by atoms with Crippen molar-refractivity contribution in [1.29, 1.82) is 0 Å². The van der Waals surface area contributed by atoms with E-state index in [-0.39, 0.29) is 17.5 Å². The Morgan fingerprint density at radius 1 is 1.44 bits per heavy atom. The van der Waals surface area contributed by atoms with Gasteiger partial charge >= 0.3 is 0 Å². The fourth-order valence-electron chi connectivity index (χ4n) is 1.84. The van der Waals surface area contributed by atoms with E-state index in [9.17, 15) is 14.9 Å². The van der Waals surface area contributed by atoms with Crippen LogP contribution in [0.15, 0.2) is 24.3 Å². The van der Waals surface area contributed by atoms with E-state index in [4.69, 9.17) is 0 Å². The number of hydrogen-bond acceptors (Lipinski definition) is 4. The van der Waals surface area contributed by atoms with Crippen LogP contribution in [0.1, 0.15) is 25.3 Å².